The molecule has 5 rings (SSSR count). The molecule has 3 aromatic heterocycles. The quantitative estimate of drug-likeness (QED) is 0.330. The van der Waals surface area contributed by atoms with Gasteiger partial charge >= 0.3 is 6.03 Å². The molecular weight excluding hydrogens is 452 g/mol. The smallest absolute Gasteiger partial charge is 0.323 e. The minimum Gasteiger partial charge on any atom is -0.494 e. The maximum atomic E-state index is 14.1. The van der Waals surface area contributed by atoms with Gasteiger partial charge < -0.3 is 15.4 Å². The first-order valence-corrected chi connectivity index (χ1v) is 10.6. The number of hydrogen-bond acceptors (Lipinski definition) is 4. The van der Waals surface area contributed by atoms with Crippen molar-refractivity contribution in [3.63, 3.8) is 0 Å². The van der Waals surface area contributed by atoms with Crippen molar-refractivity contribution in [3.8, 4) is 28.1 Å². The number of fused-ring (bicyclic) bond motifs is 1. The number of urea groups is 1. The summed E-state index contributed by atoms with van der Waals surface area (Å²) in [6, 6.07) is 16.7. The van der Waals surface area contributed by atoms with Crippen molar-refractivity contribution < 1.29 is 18.3 Å². The average Bonchev–Trinajstić information content (AvgIpc) is 3.31. The third-order valence-electron chi connectivity index (χ3n) is 5.48. The summed E-state index contributed by atoms with van der Waals surface area (Å²) >= 11 is 0. The van der Waals surface area contributed by atoms with Crippen LogP contribution in [0.3, 0.4) is 0 Å². The Morgan fingerprint density at radius 2 is 1.66 bits per heavy atom. The number of halogens is 2. The molecule has 3 heterocycles. The number of nitrogens with one attached hydrogen (secondary N) is 2. The second kappa shape index (κ2) is 9.22. The SMILES string of the molecule is COc1ccc(NC(=O)Nc2ccc(-c3cnc4cc(-c5ccncc5)ccn34)cc2)c(F)c1F. The molecule has 2 amide bonds. The summed E-state index contributed by atoms with van der Waals surface area (Å²) < 4.78 is 34.7. The molecule has 0 aliphatic rings. The van der Waals surface area contributed by atoms with E-state index in [2.05, 4.69) is 20.6 Å². The molecule has 35 heavy (non-hydrogen) atoms. The summed E-state index contributed by atoms with van der Waals surface area (Å²) in [5.41, 5.74) is 4.85. The van der Waals surface area contributed by atoms with E-state index in [1.165, 1.54) is 19.2 Å². The van der Waals surface area contributed by atoms with Crippen LogP contribution in [0.2, 0.25) is 0 Å². The zero-order chi connectivity index (χ0) is 24.4. The molecule has 0 aliphatic heterocycles. The molecule has 0 spiro atoms. The average molecular weight is 471 g/mol. The van der Waals surface area contributed by atoms with Gasteiger partial charge in [0.05, 0.1) is 24.7 Å². The predicted octanol–water partition coefficient (Wildman–Crippen LogP) is 5.99. The van der Waals surface area contributed by atoms with Gasteiger partial charge in [-0.2, -0.15) is 4.39 Å². The van der Waals surface area contributed by atoms with E-state index in [1.807, 2.05) is 47.0 Å². The van der Waals surface area contributed by atoms with Gasteiger partial charge in [-0.15, -0.1) is 0 Å². The third-order valence-corrected chi connectivity index (χ3v) is 5.48. The van der Waals surface area contributed by atoms with E-state index in [0.29, 0.717) is 5.69 Å². The van der Waals surface area contributed by atoms with E-state index >= 15 is 0 Å². The van der Waals surface area contributed by atoms with Gasteiger partial charge in [0, 0.05) is 29.8 Å². The van der Waals surface area contributed by atoms with E-state index < -0.39 is 17.7 Å². The van der Waals surface area contributed by atoms with E-state index in [4.69, 9.17) is 4.74 Å². The van der Waals surface area contributed by atoms with E-state index in [-0.39, 0.29) is 11.4 Å². The first-order chi connectivity index (χ1) is 17.0. The predicted molar refractivity (Wildman–Crippen MR) is 129 cm³/mol. The molecule has 0 saturated carbocycles. The molecule has 0 radical (unpaired) electrons. The molecule has 0 aliphatic carbocycles. The number of pyridine rings is 2. The summed E-state index contributed by atoms with van der Waals surface area (Å²) in [5, 5.41) is 4.90. The third kappa shape index (κ3) is 4.39. The highest BCUT2D eigenvalue weighted by molar-refractivity contribution is 6.00. The molecule has 5 aromatic rings. The zero-order valence-electron chi connectivity index (χ0n) is 18.5. The van der Waals surface area contributed by atoms with Gasteiger partial charge in [0.25, 0.3) is 0 Å². The fourth-order valence-electron chi connectivity index (χ4n) is 3.71. The van der Waals surface area contributed by atoms with Crippen LogP contribution < -0.4 is 15.4 Å². The van der Waals surface area contributed by atoms with Crippen LogP contribution in [0.25, 0.3) is 28.0 Å². The number of hydrogen-bond donors (Lipinski definition) is 2. The van der Waals surface area contributed by atoms with Gasteiger partial charge in [0.2, 0.25) is 5.82 Å². The monoisotopic (exact) mass is 471 g/mol. The van der Waals surface area contributed by atoms with Gasteiger partial charge in [-0.05, 0) is 59.7 Å². The zero-order valence-corrected chi connectivity index (χ0v) is 18.5. The van der Waals surface area contributed by atoms with Gasteiger partial charge in [0.1, 0.15) is 5.65 Å². The minimum atomic E-state index is -1.20. The number of amides is 2. The Labute approximate surface area is 199 Å². The van der Waals surface area contributed by atoms with Gasteiger partial charge in [-0.25, -0.2) is 14.2 Å². The Bertz CT molecular complexity index is 1520. The molecule has 0 fully saturated rings. The molecule has 2 N–H and O–H groups in total. The molecular formula is C26H19F2N5O2. The van der Waals surface area contributed by atoms with Crippen LogP contribution >= 0.6 is 0 Å². The molecule has 0 bridgehead atoms. The number of anilines is 2. The lowest BCUT2D eigenvalue weighted by atomic mass is 10.1. The second-order valence-corrected chi connectivity index (χ2v) is 7.62. The van der Waals surface area contributed by atoms with Crippen LogP contribution in [-0.2, 0) is 0 Å². The Kier molecular flexibility index (Phi) is 5.80. The Morgan fingerprint density at radius 1 is 0.886 bits per heavy atom. The van der Waals surface area contributed by atoms with Crippen LogP contribution in [0.4, 0.5) is 25.0 Å². The summed E-state index contributed by atoms with van der Waals surface area (Å²) in [4.78, 5) is 20.8. The summed E-state index contributed by atoms with van der Waals surface area (Å²) in [5.74, 6) is -2.62. The fraction of sp³-hybridized carbons (Fsp3) is 0.0385. The van der Waals surface area contributed by atoms with Crippen molar-refractivity contribution in [1.29, 1.82) is 0 Å². The number of methoxy groups -OCH3 is 1. The second-order valence-electron chi connectivity index (χ2n) is 7.62. The molecule has 174 valence electrons. The molecule has 0 unspecified atom stereocenters. The summed E-state index contributed by atoms with van der Waals surface area (Å²) in [7, 11) is 1.23. The molecule has 0 saturated heterocycles. The molecule has 0 atom stereocenters. The first kappa shape index (κ1) is 22.0. The Balaban J connectivity index is 1.31. The summed E-state index contributed by atoms with van der Waals surface area (Å²) in [6.07, 6.45) is 7.23. The number of benzene rings is 2. The Hall–Kier alpha value is -4.79. The number of ether oxygens (including phenoxy) is 1. The lowest BCUT2D eigenvalue weighted by molar-refractivity contribution is 0.262. The topological polar surface area (TPSA) is 80.5 Å². The molecule has 9 heteroatoms. The van der Waals surface area contributed by atoms with Crippen molar-refractivity contribution in [2.45, 2.75) is 0 Å². The number of carbonyl (C=O) groups is 1. The van der Waals surface area contributed by atoms with E-state index in [9.17, 15) is 13.6 Å². The van der Waals surface area contributed by atoms with Crippen LogP contribution in [0.1, 0.15) is 0 Å². The number of imidazole rings is 1. The molecule has 2 aromatic carbocycles. The minimum absolute atomic E-state index is 0.245. The van der Waals surface area contributed by atoms with E-state index in [1.54, 1.807) is 30.7 Å². The van der Waals surface area contributed by atoms with Gasteiger partial charge in [-0.3, -0.25) is 9.38 Å². The largest absolute Gasteiger partial charge is 0.494 e. The van der Waals surface area contributed by atoms with Crippen LogP contribution in [0, 0.1) is 11.6 Å². The number of rotatable bonds is 5. The number of aromatic nitrogens is 3. The number of nitrogens with zero attached hydrogens (tertiary/aromatic N) is 3. The number of carbonyl (C=O) groups excluding carboxylic acids is 1. The maximum Gasteiger partial charge on any atom is 0.323 e. The fourth-order valence-corrected chi connectivity index (χ4v) is 3.71. The van der Waals surface area contributed by atoms with Crippen molar-refractivity contribution in [1.82, 2.24) is 14.4 Å². The Morgan fingerprint density at radius 3 is 2.40 bits per heavy atom. The summed E-state index contributed by atoms with van der Waals surface area (Å²) in [6.45, 7) is 0. The lowest BCUT2D eigenvalue weighted by Crippen LogP contribution is -2.20. The standard InChI is InChI=1S/C26H19F2N5O2/c1-35-22-7-6-20(24(27)25(22)28)32-26(34)31-19-4-2-17(3-5-19)21-15-30-23-14-18(10-13-33(21)23)16-8-11-29-12-9-16/h2-15H,1H3,(H2,31,32,34). The van der Waals surface area contributed by atoms with Crippen molar-refractivity contribution >= 4 is 23.1 Å². The first-order valence-electron chi connectivity index (χ1n) is 10.6. The highest BCUT2D eigenvalue weighted by Gasteiger charge is 2.16. The normalized spacial score (nSPS) is 10.8. The van der Waals surface area contributed by atoms with Crippen LogP contribution in [0.15, 0.2) is 85.5 Å². The maximum absolute atomic E-state index is 14.1. The van der Waals surface area contributed by atoms with Gasteiger partial charge in [0.15, 0.2) is 11.6 Å². The van der Waals surface area contributed by atoms with Gasteiger partial charge in [-0.1, -0.05) is 12.1 Å². The van der Waals surface area contributed by atoms with Crippen molar-refractivity contribution in [2.24, 2.45) is 0 Å². The van der Waals surface area contributed by atoms with Crippen molar-refractivity contribution in [3.05, 3.63) is 97.1 Å². The van der Waals surface area contributed by atoms with Crippen molar-refractivity contribution in [2.75, 3.05) is 17.7 Å². The molecule has 7 nitrogen and oxygen atoms in total. The van der Waals surface area contributed by atoms with E-state index in [0.717, 1.165) is 28.0 Å². The van der Waals surface area contributed by atoms with Crippen LogP contribution in [-0.4, -0.2) is 27.5 Å². The highest BCUT2D eigenvalue weighted by Crippen LogP contribution is 2.27. The lowest BCUT2D eigenvalue weighted by Gasteiger charge is -2.11. The van der Waals surface area contributed by atoms with Crippen LogP contribution in [0.5, 0.6) is 5.75 Å². The highest BCUT2D eigenvalue weighted by atomic mass is 19.2.